The van der Waals surface area contributed by atoms with E-state index in [0.29, 0.717) is 10.8 Å². The van der Waals surface area contributed by atoms with Crippen LogP contribution in [0.5, 0.6) is 0 Å². The monoisotopic (exact) mass is 278 g/mol. The molecule has 0 atom stereocenters. The van der Waals surface area contributed by atoms with Crippen LogP contribution in [0.4, 0.5) is 0 Å². The number of ether oxygens (including phenoxy) is 2. The van der Waals surface area contributed by atoms with Crippen molar-refractivity contribution in [2.75, 3.05) is 14.2 Å². The molecule has 0 bridgehead atoms. The Labute approximate surface area is 114 Å². The van der Waals surface area contributed by atoms with Gasteiger partial charge >= 0.3 is 0 Å². The normalized spacial score (nSPS) is 16.6. The number of hydrogen-bond donors (Lipinski definition) is 0. The van der Waals surface area contributed by atoms with Crippen molar-refractivity contribution in [1.82, 2.24) is 0 Å². The Bertz CT molecular complexity index is 527. The van der Waals surface area contributed by atoms with Crippen LogP contribution in [0.1, 0.15) is 6.42 Å². The standard InChI is InChI=1S/C14H18O4Si/c1-7-8-9-10(15)12(17-2)13(18-3)11(16)14(9)19(4,5)6/h1H,8H2,2-6H3. The molecule has 102 valence electrons. The first-order valence-electron chi connectivity index (χ1n) is 5.88. The van der Waals surface area contributed by atoms with Crippen LogP contribution in [0.3, 0.4) is 0 Å². The third kappa shape index (κ3) is 2.64. The highest BCUT2D eigenvalue weighted by Crippen LogP contribution is 2.32. The highest BCUT2D eigenvalue weighted by atomic mass is 28.3. The Morgan fingerprint density at radius 1 is 1.05 bits per heavy atom. The van der Waals surface area contributed by atoms with E-state index in [1.807, 2.05) is 19.6 Å². The molecule has 0 aromatic carbocycles. The first-order chi connectivity index (χ1) is 8.79. The number of hydrogen-bond acceptors (Lipinski definition) is 4. The van der Waals surface area contributed by atoms with Gasteiger partial charge in [0, 0.05) is 12.0 Å². The van der Waals surface area contributed by atoms with Crippen molar-refractivity contribution in [3.05, 3.63) is 22.3 Å². The van der Waals surface area contributed by atoms with Gasteiger partial charge in [-0.15, -0.1) is 12.3 Å². The van der Waals surface area contributed by atoms with Gasteiger partial charge in [0.25, 0.3) is 0 Å². The van der Waals surface area contributed by atoms with Crippen molar-refractivity contribution in [1.29, 1.82) is 0 Å². The molecule has 0 aromatic heterocycles. The molecule has 0 heterocycles. The molecule has 1 rings (SSSR count). The lowest BCUT2D eigenvalue weighted by atomic mass is 9.97. The minimum Gasteiger partial charge on any atom is -0.490 e. The van der Waals surface area contributed by atoms with Gasteiger partial charge in [-0.1, -0.05) is 19.6 Å². The molecule has 19 heavy (non-hydrogen) atoms. The SMILES string of the molecule is C#CCC1=C([Si](C)(C)C)C(=O)C(OC)=C(OC)C1=O. The highest BCUT2D eigenvalue weighted by molar-refractivity contribution is 6.88. The number of rotatable bonds is 4. The number of carbonyl (C=O) groups excluding carboxylic acids is 2. The summed E-state index contributed by atoms with van der Waals surface area (Å²) >= 11 is 0. The van der Waals surface area contributed by atoms with Crippen LogP contribution in [-0.2, 0) is 19.1 Å². The molecule has 0 radical (unpaired) electrons. The van der Waals surface area contributed by atoms with Crippen LogP contribution in [0, 0.1) is 12.3 Å². The molecule has 0 spiro atoms. The molecule has 5 heteroatoms. The van der Waals surface area contributed by atoms with Gasteiger partial charge in [0.1, 0.15) is 0 Å². The largest absolute Gasteiger partial charge is 0.490 e. The maximum Gasteiger partial charge on any atom is 0.228 e. The lowest BCUT2D eigenvalue weighted by Gasteiger charge is -2.27. The Morgan fingerprint density at radius 3 is 1.89 bits per heavy atom. The molecular weight excluding hydrogens is 260 g/mol. The summed E-state index contributed by atoms with van der Waals surface area (Å²) in [6, 6.07) is 0. The average Bonchev–Trinajstić information content (AvgIpc) is 2.31. The van der Waals surface area contributed by atoms with Crippen LogP contribution in [0.15, 0.2) is 22.3 Å². The quantitative estimate of drug-likeness (QED) is 0.447. The smallest absolute Gasteiger partial charge is 0.228 e. The van der Waals surface area contributed by atoms with E-state index in [2.05, 4.69) is 5.92 Å². The predicted octanol–water partition coefficient (Wildman–Crippen LogP) is 1.84. The van der Waals surface area contributed by atoms with Gasteiger partial charge in [0.15, 0.2) is 0 Å². The molecule has 1 aliphatic carbocycles. The van der Waals surface area contributed by atoms with E-state index in [0.717, 1.165) is 0 Å². The second kappa shape index (κ2) is 5.45. The lowest BCUT2D eigenvalue weighted by Crippen LogP contribution is -2.38. The summed E-state index contributed by atoms with van der Waals surface area (Å²) in [6.45, 7) is 5.99. The minimum absolute atomic E-state index is 0.0225. The molecule has 4 nitrogen and oxygen atoms in total. The van der Waals surface area contributed by atoms with Crippen LogP contribution in [-0.4, -0.2) is 33.9 Å². The van der Waals surface area contributed by atoms with Crippen molar-refractivity contribution in [3.8, 4) is 12.3 Å². The van der Waals surface area contributed by atoms with Crippen molar-refractivity contribution in [2.45, 2.75) is 26.1 Å². The highest BCUT2D eigenvalue weighted by Gasteiger charge is 2.41. The number of Topliss-reactive ketones (excluding diaryl/α,β-unsaturated/α-hetero) is 2. The zero-order valence-corrected chi connectivity index (χ0v) is 12.9. The molecular formula is C14H18O4Si. The fourth-order valence-electron chi connectivity index (χ4n) is 2.14. The van der Waals surface area contributed by atoms with Gasteiger partial charge in [-0.2, -0.15) is 0 Å². The van der Waals surface area contributed by atoms with E-state index in [1.165, 1.54) is 14.2 Å². The van der Waals surface area contributed by atoms with Crippen molar-refractivity contribution >= 4 is 19.6 Å². The Balaban J connectivity index is 3.56. The summed E-state index contributed by atoms with van der Waals surface area (Å²) in [5.74, 6) is 1.75. The third-order valence-corrected chi connectivity index (χ3v) is 4.89. The van der Waals surface area contributed by atoms with Crippen LogP contribution in [0.25, 0.3) is 0 Å². The first kappa shape index (κ1) is 15.3. The number of carbonyl (C=O) groups is 2. The number of methoxy groups -OCH3 is 2. The minimum atomic E-state index is -2.02. The lowest BCUT2D eigenvalue weighted by molar-refractivity contribution is -0.120. The van der Waals surface area contributed by atoms with Gasteiger partial charge < -0.3 is 9.47 Å². The average molecular weight is 278 g/mol. The summed E-state index contributed by atoms with van der Waals surface area (Å²) in [5.41, 5.74) is 0.379. The van der Waals surface area contributed by atoms with Gasteiger partial charge in [-0.3, -0.25) is 9.59 Å². The van der Waals surface area contributed by atoms with Crippen LogP contribution in [0.2, 0.25) is 19.6 Å². The zero-order valence-electron chi connectivity index (χ0n) is 11.9. The molecule has 0 fully saturated rings. The maximum absolute atomic E-state index is 12.5. The summed E-state index contributed by atoms with van der Waals surface area (Å²) in [7, 11) is 0.677. The second-order valence-electron chi connectivity index (χ2n) is 5.21. The summed E-state index contributed by atoms with van der Waals surface area (Å²) in [4.78, 5) is 24.9. The van der Waals surface area contributed by atoms with Gasteiger partial charge in [-0.25, -0.2) is 0 Å². The molecule has 0 saturated carbocycles. The molecule has 0 amide bonds. The van der Waals surface area contributed by atoms with E-state index in [1.54, 1.807) is 0 Å². The fourth-order valence-corrected chi connectivity index (χ4v) is 4.04. The molecule has 0 unspecified atom stereocenters. The fraction of sp³-hybridized carbons (Fsp3) is 0.429. The van der Waals surface area contributed by atoms with Crippen LogP contribution >= 0.6 is 0 Å². The zero-order chi connectivity index (χ0) is 14.8. The summed E-state index contributed by atoms with van der Waals surface area (Å²) in [6.07, 6.45) is 5.44. The molecule has 0 aliphatic heterocycles. The van der Waals surface area contributed by atoms with E-state index in [9.17, 15) is 9.59 Å². The van der Waals surface area contributed by atoms with Crippen LogP contribution < -0.4 is 0 Å². The second-order valence-corrected chi connectivity index (χ2v) is 10.2. The number of allylic oxidation sites excluding steroid dienone is 2. The molecule has 0 aromatic rings. The third-order valence-electron chi connectivity index (χ3n) is 2.86. The van der Waals surface area contributed by atoms with Crippen molar-refractivity contribution in [3.63, 3.8) is 0 Å². The van der Waals surface area contributed by atoms with Gasteiger partial charge in [0.05, 0.1) is 22.3 Å². The Kier molecular flexibility index (Phi) is 4.38. The van der Waals surface area contributed by atoms with Crippen molar-refractivity contribution in [2.24, 2.45) is 0 Å². The van der Waals surface area contributed by atoms with E-state index < -0.39 is 8.07 Å². The summed E-state index contributed by atoms with van der Waals surface area (Å²) < 4.78 is 10.1. The summed E-state index contributed by atoms with van der Waals surface area (Å²) in [5, 5.41) is 0.535. The van der Waals surface area contributed by atoms with Crippen molar-refractivity contribution < 1.29 is 19.1 Å². The van der Waals surface area contributed by atoms with E-state index >= 15 is 0 Å². The Morgan fingerprint density at radius 2 is 1.53 bits per heavy atom. The molecule has 1 aliphatic rings. The number of ketones is 2. The van der Waals surface area contributed by atoms with Gasteiger partial charge in [-0.05, 0) is 5.20 Å². The maximum atomic E-state index is 12.5. The molecule has 0 N–H and O–H groups in total. The van der Waals surface area contributed by atoms with E-state index in [-0.39, 0.29) is 29.5 Å². The van der Waals surface area contributed by atoms with Gasteiger partial charge in [0.2, 0.25) is 23.1 Å². The Hall–Kier alpha value is -1.80. The topological polar surface area (TPSA) is 52.6 Å². The first-order valence-corrected chi connectivity index (χ1v) is 9.38. The van der Waals surface area contributed by atoms with E-state index in [4.69, 9.17) is 15.9 Å². The predicted molar refractivity (Wildman–Crippen MR) is 74.9 cm³/mol. The number of terminal acetylenes is 1. The molecule has 0 saturated heterocycles.